The number of urea groups is 1. The van der Waals surface area contributed by atoms with Crippen molar-refractivity contribution in [1.29, 1.82) is 0 Å². The molecule has 1 aromatic heterocycles. The first-order valence-corrected chi connectivity index (χ1v) is 4.83. The van der Waals surface area contributed by atoms with E-state index >= 15 is 0 Å². The van der Waals surface area contributed by atoms with Gasteiger partial charge in [-0.3, -0.25) is 5.21 Å². The van der Waals surface area contributed by atoms with Crippen LogP contribution >= 0.6 is 11.3 Å². The van der Waals surface area contributed by atoms with E-state index in [1.54, 1.807) is 11.3 Å². The van der Waals surface area contributed by atoms with Gasteiger partial charge in [-0.05, 0) is 22.4 Å². The Bertz CT molecular complexity index is 274. The van der Waals surface area contributed by atoms with Crippen LogP contribution in [-0.2, 0) is 0 Å². The predicted octanol–water partition coefficient (Wildman–Crippen LogP) is 1.62. The highest BCUT2D eigenvalue weighted by Crippen LogP contribution is 2.18. The predicted molar refractivity (Wildman–Crippen MR) is 50.8 cm³/mol. The van der Waals surface area contributed by atoms with Crippen LogP contribution in [-0.4, -0.2) is 22.8 Å². The van der Waals surface area contributed by atoms with Crippen LogP contribution in [0.5, 0.6) is 0 Å². The van der Waals surface area contributed by atoms with E-state index in [-0.39, 0.29) is 12.5 Å². The molecule has 4 nitrogen and oxygen atoms in total. The molecule has 2 amide bonds. The summed E-state index contributed by atoms with van der Waals surface area (Å²) in [7, 11) is 0. The van der Waals surface area contributed by atoms with Crippen molar-refractivity contribution in [1.82, 2.24) is 5.06 Å². The van der Waals surface area contributed by atoms with Gasteiger partial charge in [-0.2, -0.15) is 11.3 Å². The minimum absolute atomic E-state index is 0.101. The third-order valence-electron chi connectivity index (χ3n) is 1.81. The molecule has 0 aliphatic heterocycles. The molecule has 5 heteroatoms. The zero-order valence-corrected chi connectivity index (χ0v) is 8.12. The Labute approximate surface area is 80.5 Å². The smallest absolute Gasteiger partial charge is 0.338 e. The second-order valence-corrected chi connectivity index (χ2v) is 3.66. The molecule has 0 aliphatic rings. The lowest BCUT2D eigenvalue weighted by atomic mass is 10.1. The van der Waals surface area contributed by atoms with Gasteiger partial charge in [0.25, 0.3) is 0 Å². The van der Waals surface area contributed by atoms with E-state index in [2.05, 4.69) is 0 Å². The molecule has 1 unspecified atom stereocenters. The zero-order chi connectivity index (χ0) is 9.84. The first kappa shape index (κ1) is 10.0. The van der Waals surface area contributed by atoms with Crippen LogP contribution in [0.15, 0.2) is 16.8 Å². The topological polar surface area (TPSA) is 66.6 Å². The second-order valence-electron chi connectivity index (χ2n) is 2.88. The van der Waals surface area contributed by atoms with Gasteiger partial charge < -0.3 is 5.73 Å². The largest absolute Gasteiger partial charge is 0.350 e. The molecule has 3 N–H and O–H groups in total. The number of hydrogen-bond donors (Lipinski definition) is 2. The van der Waals surface area contributed by atoms with Crippen LogP contribution in [0.25, 0.3) is 0 Å². The third kappa shape index (κ3) is 2.71. The van der Waals surface area contributed by atoms with Crippen molar-refractivity contribution in [3.8, 4) is 0 Å². The van der Waals surface area contributed by atoms with Crippen LogP contribution < -0.4 is 5.73 Å². The number of nitrogens with two attached hydrogens (primary N) is 1. The molecule has 0 saturated heterocycles. The maximum absolute atomic E-state index is 10.5. The maximum atomic E-state index is 10.5. The Morgan fingerprint density at radius 2 is 2.54 bits per heavy atom. The Morgan fingerprint density at radius 1 is 1.85 bits per heavy atom. The Balaban J connectivity index is 2.51. The third-order valence-corrected chi connectivity index (χ3v) is 2.51. The highest BCUT2D eigenvalue weighted by molar-refractivity contribution is 7.07. The van der Waals surface area contributed by atoms with E-state index in [1.165, 1.54) is 0 Å². The van der Waals surface area contributed by atoms with Crippen molar-refractivity contribution in [2.45, 2.75) is 12.8 Å². The number of hydrogen-bond acceptors (Lipinski definition) is 3. The van der Waals surface area contributed by atoms with Crippen molar-refractivity contribution < 1.29 is 10.0 Å². The maximum Gasteiger partial charge on any atom is 0.338 e. The minimum atomic E-state index is -0.818. The molecule has 0 saturated carbocycles. The number of primary amides is 1. The molecule has 0 fully saturated rings. The molecule has 1 aromatic rings. The minimum Gasteiger partial charge on any atom is -0.350 e. The van der Waals surface area contributed by atoms with Crippen LogP contribution in [0, 0.1) is 0 Å². The summed E-state index contributed by atoms with van der Waals surface area (Å²) in [6.07, 6.45) is 0. The first-order valence-electron chi connectivity index (χ1n) is 3.89. The van der Waals surface area contributed by atoms with Gasteiger partial charge >= 0.3 is 6.03 Å². The Morgan fingerprint density at radius 3 is 3.00 bits per heavy atom. The summed E-state index contributed by atoms with van der Waals surface area (Å²) in [5.41, 5.74) is 5.98. The van der Waals surface area contributed by atoms with Gasteiger partial charge in [-0.1, -0.05) is 6.92 Å². The van der Waals surface area contributed by atoms with Crippen LogP contribution in [0.4, 0.5) is 4.79 Å². The van der Waals surface area contributed by atoms with Gasteiger partial charge in [-0.25, -0.2) is 9.86 Å². The lowest BCUT2D eigenvalue weighted by molar-refractivity contribution is -0.0427. The first-order chi connectivity index (χ1) is 6.11. The summed E-state index contributed by atoms with van der Waals surface area (Å²) >= 11 is 1.59. The number of thiophene rings is 1. The van der Waals surface area contributed by atoms with E-state index in [0.717, 1.165) is 5.56 Å². The van der Waals surface area contributed by atoms with E-state index < -0.39 is 6.03 Å². The normalized spacial score (nSPS) is 12.5. The molecular formula is C8H12N2O2S. The number of nitrogens with zero attached hydrogens (tertiary/aromatic N) is 1. The van der Waals surface area contributed by atoms with Crippen molar-refractivity contribution in [2.75, 3.05) is 6.54 Å². The van der Waals surface area contributed by atoms with E-state index in [1.807, 2.05) is 23.8 Å². The molecule has 0 bridgehead atoms. The molecule has 0 spiro atoms. The Kier molecular flexibility index (Phi) is 3.27. The fourth-order valence-electron chi connectivity index (χ4n) is 1.01. The average molecular weight is 200 g/mol. The molecule has 72 valence electrons. The standard InChI is InChI=1S/C8H12N2O2S/c1-6(4-10(12)8(9)11)7-2-3-13-5-7/h2-3,5-6,12H,4H2,1H3,(H2,9,11). The van der Waals surface area contributed by atoms with Crippen molar-refractivity contribution in [2.24, 2.45) is 5.73 Å². The molecule has 1 atom stereocenters. The van der Waals surface area contributed by atoms with Gasteiger partial charge in [0.05, 0.1) is 6.54 Å². The molecular weight excluding hydrogens is 188 g/mol. The highest BCUT2D eigenvalue weighted by Gasteiger charge is 2.12. The van der Waals surface area contributed by atoms with Crippen molar-refractivity contribution >= 4 is 17.4 Å². The summed E-state index contributed by atoms with van der Waals surface area (Å²) in [4.78, 5) is 10.5. The van der Waals surface area contributed by atoms with E-state index in [9.17, 15) is 4.79 Å². The van der Waals surface area contributed by atoms with Crippen molar-refractivity contribution in [3.63, 3.8) is 0 Å². The lowest BCUT2D eigenvalue weighted by Gasteiger charge is -2.16. The number of rotatable bonds is 3. The van der Waals surface area contributed by atoms with E-state index in [0.29, 0.717) is 5.06 Å². The summed E-state index contributed by atoms with van der Waals surface area (Å²) in [6, 6.07) is 1.14. The fourth-order valence-corrected chi connectivity index (χ4v) is 1.79. The molecule has 0 radical (unpaired) electrons. The van der Waals surface area contributed by atoms with Crippen molar-refractivity contribution in [3.05, 3.63) is 22.4 Å². The summed E-state index contributed by atoms with van der Waals surface area (Å²) < 4.78 is 0. The van der Waals surface area contributed by atoms with Gasteiger partial charge in [0.1, 0.15) is 0 Å². The van der Waals surface area contributed by atoms with E-state index in [4.69, 9.17) is 10.9 Å². The van der Waals surface area contributed by atoms with Crippen LogP contribution in [0.1, 0.15) is 18.4 Å². The number of hydroxylamine groups is 2. The summed E-state index contributed by atoms with van der Waals surface area (Å²) in [5, 5.41) is 13.5. The lowest BCUT2D eigenvalue weighted by Crippen LogP contribution is -2.35. The fraction of sp³-hybridized carbons (Fsp3) is 0.375. The summed E-state index contributed by atoms with van der Waals surface area (Å²) in [5.74, 6) is 0.101. The molecule has 1 rings (SSSR count). The number of amides is 2. The molecule has 0 aliphatic carbocycles. The highest BCUT2D eigenvalue weighted by atomic mass is 32.1. The van der Waals surface area contributed by atoms with Gasteiger partial charge in [-0.15, -0.1) is 0 Å². The molecule has 1 heterocycles. The SMILES string of the molecule is CC(CN(O)C(N)=O)c1ccsc1. The van der Waals surface area contributed by atoms with Gasteiger partial charge in [0, 0.05) is 5.92 Å². The zero-order valence-electron chi connectivity index (χ0n) is 7.30. The summed E-state index contributed by atoms with van der Waals surface area (Å²) in [6.45, 7) is 2.15. The van der Waals surface area contributed by atoms with Crippen LogP contribution in [0.3, 0.4) is 0 Å². The number of carbonyl (C=O) groups excluding carboxylic acids is 1. The molecule has 0 aromatic carbocycles. The van der Waals surface area contributed by atoms with Gasteiger partial charge in [0.2, 0.25) is 0 Å². The Hall–Kier alpha value is -1.07. The monoisotopic (exact) mass is 200 g/mol. The quantitative estimate of drug-likeness (QED) is 0.575. The van der Waals surface area contributed by atoms with Gasteiger partial charge in [0.15, 0.2) is 0 Å². The number of carbonyl (C=O) groups is 1. The second kappa shape index (κ2) is 4.25. The molecule has 13 heavy (non-hydrogen) atoms. The van der Waals surface area contributed by atoms with Crippen LogP contribution in [0.2, 0.25) is 0 Å². The average Bonchev–Trinajstić information content (AvgIpc) is 2.55.